The van der Waals surface area contributed by atoms with E-state index in [-0.39, 0.29) is 12.3 Å². The summed E-state index contributed by atoms with van der Waals surface area (Å²) in [4.78, 5) is 1.85. The summed E-state index contributed by atoms with van der Waals surface area (Å²) in [5, 5.41) is 19.3. The molecule has 1 N–H and O–H groups in total. The van der Waals surface area contributed by atoms with Crippen LogP contribution in [0.3, 0.4) is 0 Å². The number of halogens is 4. The highest BCUT2D eigenvalue weighted by Gasteiger charge is 2.45. The molecule has 3 aromatic carbocycles. The molecule has 0 radical (unpaired) electrons. The van der Waals surface area contributed by atoms with E-state index in [1.54, 1.807) is 24.3 Å². The molecular weight excluding hydrogens is 448 g/mol. The average molecular weight is 470 g/mol. The normalized spacial score (nSPS) is 18.3. The Hall–Kier alpha value is -3.57. The van der Waals surface area contributed by atoms with Crippen molar-refractivity contribution in [3.05, 3.63) is 95.1 Å². The van der Waals surface area contributed by atoms with Gasteiger partial charge in [0.15, 0.2) is 0 Å². The Labute approximate surface area is 194 Å². The Kier molecular flexibility index (Phi) is 6.49. The lowest BCUT2D eigenvalue weighted by atomic mass is 9.71. The first kappa shape index (κ1) is 23.6. The lowest BCUT2D eigenvalue weighted by molar-refractivity contribution is -0.274. The second kappa shape index (κ2) is 9.35. The summed E-state index contributed by atoms with van der Waals surface area (Å²) in [6.07, 6.45) is -5.67. The molecule has 1 aliphatic heterocycles. The maximum atomic E-state index is 13.1. The number of fused-ring (bicyclic) bond motifs is 1. The number of aliphatic hydroxyl groups excluding tert-OH is 1. The molecule has 4 nitrogen and oxygen atoms in total. The van der Waals surface area contributed by atoms with Crippen LogP contribution in [0.2, 0.25) is 0 Å². The van der Waals surface area contributed by atoms with Crippen LogP contribution in [0, 0.1) is 11.3 Å². The molecule has 1 unspecified atom stereocenters. The molecule has 8 heteroatoms. The van der Waals surface area contributed by atoms with Gasteiger partial charge in [0.2, 0.25) is 0 Å². The summed E-state index contributed by atoms with van der Waals surface area (Å²) in [5.41, 5.74) is 2.66. The van der Waals surface area contributed by atoms with Crippen LogP contribution in [-0.2, 0) is 11.8 Å². The minimum absolute atomic E-state index is 0.0340. The first-order valence-electron chi connectivity index (χ1n) is 10.7. The van der Waals surface area contributed by atoms with Gasteiger partial charge in [-0.2, -0.15) is 5.26 Å². The fourth-order valence-corrected chi connectivity index (χ4v) is 4.71. The quantitative estimate of drug-likeness (QED) is 0.486. The number of para-hydroxylation sites is 1. The number of alkyl halides is 4. The Balaban J connectivity index is 1.86. The van der Waals surface area contributed by atoms with E-state index in [1.165, 1.54) is 18.2 Å². The first-order chi connectivity index (χ1) is 16.2. The Morgan fingerprint density at radius 3 is 2.56 bits per heavy atom. The predicted octanol–water partition coefficient (Wildman–Crippen LogP) is 5.14. The maximum absolute atomic E-state index is 13.1. The van der Waals surface area contributed by atoms with Gasteiger partial charge < -0.3 is 14.7 Å². The van der Waals surface area contributed by atoms with Crippen molar-refractivity contribution in [2.75, 3.05) is 24.7 Å². The van der Waals surface area contributed by atoms with Gasteiger partial charge in [0, 0.05) is 24.2 Å². The van der Waals surface area contributed by atoms with Crippen LogP contribution >= 0.6 is 0 Å². The molecule has 3 aromatic rings. The number of β-amino-alcohol motifs (C(OH)–C–C–N with tert-alkyl or cyclic N) is 1. The molecule has 0 aromatic heterocycles. The van der Waals surface area contributed by atoms with E-state index in [0.29, 0.717) is 24.1 Å². The van der Waals surface area contributed by atoms with Crippen molar-refractivity contribution < 1.29 is 27.4 Å². The number of aliphatic hydroxyl groups is 1. The highest BCUT2D eigenvalue weighted by molar-refractivity contribution is 5.67. The second-order valence-electron chi connectivity index (χ2n) is 8.35. The van der Waals surface area contributed by atoms with Crippen LogP contribution in [0.4, 0.5) is 23.2 Å². The van der Waals surface area contributed by atoms with E-state index >= 15 is 0 Å². The van der Waals surface area contributed by atoms with Gasteiger partial charge >= 0.3 is 6.36 Å². The molecule has 4 rings (SSSR count). The number of nitriles is 1. The molecule has 176 valence electrons. The predicted molar refractivity (Wildman–Crippen MR) is 119 cm³/mol. The molecule has 0 aliphatic carbocycles. The largest absolute Gasteiger partial charge is 0.573 e. The zero-order chi connectivity index (χ0) is 24.3. The standard InChI is InChI=1S/C26H22F4N2O2/c27-14-21(33)16-32-17-25(23-9-1-2-10-24(23)32,13-18-5-3-6-19(11-18)15-31)20-7-4-8-22(12-20)34-26(28,29)30/h1-12,21,33H,13-14,16-17H2/t21-,25?/m0/s1. The van der Waals surface area contributed by atoms with E-state index in [1.807, 2.05) is 35.2 Å². The van der Waals surface area contributed by atoms with Gasteiger partial charge in [-0.1, -0.05) is 42.5 Å². The topological polar surface area (TPSA) is 56.5 Å². The van der Waals surface area contributed by atoms with Crippen LogP contribution in [0.25, 0.3) is 0 Å². The minimum Gasteiger partial charge on any atom is -0.406 e. The molecule has 34 heavy (non-hydrogen) atoms. The number of anilines is 1. The number of benzene rings is 3. The van der Waals surface area contributed by atoms with Gasteiger partial charge in [-0.25, -0.2) is 4.39 Å². The third-order valence-corrected chi connectivity index (χ3v) is 6.01. The maximum Gasteiger partial charge on any atom is 0.573 e. The van der Waals surface area contributed by atoms with E-state index in [0.717, 1.165) is 16.8 Å². The van der Waals surface area contributed by atoms with Crippen molar-refractivity contribution in [3.8, 4) is 11.8 Å². The van der Waals surface area contributed by atoms with Gasteiger partial charge in [-0.05, 0) is 53.4 Å². The van der Waals surface area contributed by atoms with Crippen LogP contribution < -0.4 is 9.64 Å². The zero-order valence-corrected chi connectivity index (χ0v) is 18.1. The molecule has 0 fully saturated rings. The number of rotatable bonds is 7. The number of nitrogens with zero attached hydrogens (tertiary/aromatic N) is 2. The van der Waals surface area contributed by atoms with Crippen molar-refractivity contribution in [2.24, 2.45) is 0 Å². The van der Waals surface area contributed by atoms with Crippen LogP contribution in [0.5, 0.6) is 5.75 Å². The molecule has 0 bridgehead atoms. The summed E-state index contributed by atoms with van der Waals surface area (Å²) < 4.78 is 56.1. The van der Waals surface area contributed by atoms with Crippen LogP contribution in [-0.4, -0.2) is 37.3 Å². The van der Waals surface area contributed by atoms with E-state index in [4.69, 9.17) is 0 Å². The lowest BCUT2D eigenvalue weighted by Gasteiger charge is -2.32. The lowest BCUT2D eigenvalue weighted by Crippen LogP contribution is -2.40. The summed E-state index contributed by atoms with van der Waals surface area (Å²) in [6.45, 7) is -0.577. The molecule has 0 amide bonds. The van der Waals surface area contributed by atoms with Gasteiger partial charge in [-0.15, -0.1) is 13.2 Å². The summed E-state index contributed by atoms with van der Waals surface area (Å²) in [5.74, 6) is -0.338. The monoisotopic (exact) mass is 470 g/mol. The summed E-state index contributed by atoms with van der Waals surface area (Å²) >= 11 is 0. The fraction of sp³-hybridized carbons (Fsp3) is 0.269. The third-order valence-electron chi connectivity index (χ3n) is 6.01. The third kappa shape index (κ3) is 4.85. The Bertz CT molecular complexity index is 1210. The Morgan fingerprint density at radius 1 is 1.06 bits per heavy atom. The Morgan fingerprint density at radius 2 is 1.82 bits per heavy atom. The van der Waals surface area contributed by atoms with Crippen molar-refractivity contribution in [1.29, 1.82) is 5.26 Å². The minimum atomic E-state index is -4.84. The molecule has 1 heterocycles. The fourth-order valence-electron chi connectivity index (χ4n) is 4.71. The van der Waals surface area contributed by atoms with Crippen LogP contribution in [0.15, 0.2) is 72.8 Å². The van der Waals surface area contributed by atoms with Crippen molar-refractivity contribution in [2.45, 2.75) is 24.3 Å². The second-order valence-corrected chi connectivity index (χ2v) is 8.35. The van der Waals surface area contributed by atoms with Crippen LogP contribution in [0.1, 0.15) is 22.3 Å². The number of ether oxygens (including phenoxy) is 1. The van der Waals surface area contributed by atoms with Gasteiger partial charge in [0.1, 0.15) is 12.4 Å². The van der Waals surface area contributed by atoms with E-state index < -0.39 is 24.6 Å². The van der Waals surface area contributed by atoms with Gasteiger partial charge in [0.05, 0.1) is 17.7 Å². The van der Waals surface area contributed by atoms with Crippen molar-refractivity contribution >= 4 is 5.69 Å². The number of hydrogen-bond acceptors (Lipinski definition) is 4. The average Bonchev–Trinajstić information content (AvgIpc) is 3.12. The highest BCUT2D eigenvalue weighted by Crippen LogP contribution is 2.48. The smallest absolute Gasteiger partial charge is 0.406 e. The molecule has 0 saturated heterocycles. The van der Waals surface area contributed by atoms with Gasteiger partial charge in [0.25, 0.3) is 0 Å². The van der Waals surface area contributed by atoms with E-state index in [9.17, 15) is 27.9 Å². The molecular formula is C26H22F4N2O2. The summed E-state index contributed by atoms with van der Waals surface area (Å²) in [7, 11) is 0. The highest BCUT2D eigenvalue weighted by atomic mass is 19.4. The molecule has 0 spiro atoms. The molecule has 2 atom stereocenters. The zero-order valence-electron chi connectivity index (χ0n) is 18.1. The SMILES string of the molecule is N#Cc1cccc(CC2(c3cccc(OC(F)(F)F)c3)CN(C[C@@H](O)CF)c3ccccc32)c1. The molecule has 0 saturated carbocycles. The van der Waals surface area contributed by atoms with Gasteiger partial charge in [-0.3, -0.25) is 0 Å². The number of hydrogen-bond donors (Lipinski definition) is 1. The molecule has 1 aliphatic rings. The van der Waals surface area contributed by atoms with Crippen molar-refractivity contribution in [1.82, 2.24) is 0 Å². The summed E-state index contributed by atoms with van der Waals surface area (Å²) in [6, 6.07) is 22.4. The first-order valence-corrected chi connectivity index (χ1v) is 10.7. The van der Waals surface area contributed by atoms with Crippen molar-refractivity contribution in [3.63, 3.8) is 0 Å². The van der Waals surface area contributed by atoms with E-state index in [2.05, 4.69) is 10.8 Å².